The molecule has 0 radical (unpaired) electrons. The smallest absolute Gasteiger partial charge is 0.326 e. The summed E-state index contributed by atoms with van der Waals surface area (Å²) in [5.41, 5.74) is 11.4. The molecule has 0 fully saturated rings. The minimum absolute atomic E-state index is 0.102. The van der Waals surface area contributed by atoms with E-state index in [1.807, 2.05) is 0 Å². The monoisotopic (exact) mass is 443 g/mol. The molecule has 0 aromatic carbocycles. The average molecular weight is 444 g/mol. The van der Waals surface area contributed by atoms with Crippen LogP contribution in [0.3, 0.4) is 0 Å². The predicted molar refractivity (Wildman–Crippen MR) is 119 cm³/mol. The van der Waals surface area contributed by atoms with Crippen molar-refractivity contribution < 1.29 is 24.3 Å². The Hall–Kier alpha value is -2.20. The highest BCUT2D eigenvalue weighted by molar-refractivity contribution is 5.94. The molecule has 0 aliphatic rings. The van der Waals surface area contributed by atoms with Gasteiger partial charge < -0.3 is 32.5 Å². The molecule has 4 unspecified atom stereocenters. The van der Waals surface area contributed by atoms with Crippen LogP contribution in [0.5, 0.6) is 0 Å². The number of carboxylic acids is 1. The summed E-state index contributed by atoms with van der Waals surface area (Å²) in [5.74, 6) is -3.39. The number of nitrogens with one attached hydrogen (secondary N) is 3. The van der Waals surface area contributed by atoms with E-state index in [4.69, 9.17) is 11.5 Å². The summed E-state index contributed by atoms with van der Waals surface area (Å²) in [6.07, 6.45) is 1.52. The molecule has 10 nitrogen and oxygen atoms in total. The lowest BCUT2D eigenvalue weighted by Crippen LogP contribution is -2.59. The quantitative estimate of drug-likeness (QED) is 0.204. The summed E-state index contributed by atoms with van der Waals surface area (Å²) in [4.78, 5) is 49.5. The SMILES string of the molecule is CC(C)C(N)C(=O)NC(C(=O)NC(CCCCN)C(=O)NC(C(=O)O)C(C)C)C(C)C. The summed E-state index contributed by atoms with van der Waals surface area (Å²) < 4.78 is 0. The van der Waals surface area contributed by atoms with Crippen LogP contribution in [0.2, 0.25) is 0 Å². The molecule has 0 rings (SSSR count). The molecular formula is C21H41N5O5. The molecule has 4 atom stereocenters. The number of rotatable bonds is 14. The maximum absolute atomic E-state index is 12.9. The van der Waals surface area contributed by atoms with Crippen LogP contribution in [-0.4, -0.2) is 59.5 Å². The Labute approximate surface area is 185 Å². The van der Waals surface area contributed by atoms with Gasteiger partial charge in [0.25, 0.3) is 0 Å². The first-order valence-corrected chi connectivity index (χ1v) is 10.9. The molecule has 0 spiro atoms. The molecule has 0 bridgehead atoms. The van der Waals surface area contributed by atoms with E-state index >= 15 is 0 Å². The van der Waals surface area contributed by atoms with Crippen LogP contribution in [0.4, 0.5) is 0 Å². The van der Waals surface area contributed by atoms with Crippen LogP contribution >= 0.6 is 0 Å². The summed E-state index contributed by atoms with van der Waals surface area (Å²) in [5, 5.41) is 17.2. The van der Waals surface area contributed by atoms with Crippen LogP contribution < -0.4 is 27.4 Å². The molecule has 0 heterocycles. The fraction of sp³-hybridized carbons (Fsp3) is 0.810. The van der Waals surface area contributed by atoms with Crippen molar-refractivity contribution in [2.75, 3.05) is 6.54 Å². The molecule has 8 N–H and O–H groups in total. The van der Waals surface area contributed by atoms with Crippen molar-refractivity contribution in [3.8, 4) is 0 Å². The average Bonchev–Trinajstić information content (AvgIpc) is 2.67. The molecule has 0 aromatic rings. The van der Waals surface area contributed by atoms with Crippen molar-refractivity contribution in [2.24, 2.45) is 29.2 Å². The fourth-order valence-corrected chi connectivity index (χ4v) is 2.88. The van der Waals surface area contributed by atoms with E-state index in [0.717, 1.165) is 0 Å². The van der Waals surface area contributed by atoms with Crippen LogP contribution in [0.1, 0.15) is 60.8 Å². The van der Waals surface area contributed by atoms with Gasteiger partial charge in [-0.25, -0.2) is 4.79 Å². The zero-order valence-corrected chi connectivity index (χ0v) is 19.6. The Morgan fingerprint density at radius 1 is 0.742 bits per heavy atom. The normalized spacial score (nSPS) is 15.3. The van der Waals surface area contributed by atoms with Crippen LogP contribution in [0, 0.1) is 17.8 Å². The van der Waals surface area contributed by atoms with E-state index in [2.05, 4.69) is 16.0 Å². The maximum Gasteiger partial charge on any atom is 0.326 e. The lowest BCUT2D eigenvalue weighted by Gasteiger charge is -2.28. The molecule has 0 saturated heterocycles. The second-order valence-corrected chi connectivity index (χ2v) is 8.91. The summed E-state index contributed by atoms with van der Waals surface area (Å²) in [6, 6.07) is -3.68. The van der Waals surface area contributed by atoms with Crippen molar-refractivity contribution in [2.45, 2.75) is 85.0 Å². The van der Waals surface area contributed by atoms with Gasteiger partial charge in [-0.15, -0.1) is 0 Å². The van der Waals surface area contributed by atoms with Crippen molar-refractivity contribution in [1.29, 1.82) is 0 Å². The van der Waals surface area contributed by atoms with E-state index < -0.39 is 47.9 Å². The predicted octanol–water partition coefficient (Wildman–Crippen LogP) is -0.0503. The molecule has 0 aliphatic heterocycles. The Balaban J connectivity index is 5.44. The van der Waals surface area contributed by atoms with Gasteiger partial charge in [-0.05, 0) is 43.6 Å². The van der Waals surface area contributed by atoms with Gasteiger partial charge in [-0.1, -0.05) is 41.5 Å². The van der Waals surface area contributed by atoms with Gasteiger partial charge in [-0.3, -0.25) is 14.4 Å². The number of carboxylic acid groups (broad SMARTS) is 1. The van der Waals surface area contributed by atoms with E-state index in [1.54, 1.807) is 41.5 Å². The highest BCUT2D eigenvalue weighted by Gasteiger charge is 2.32. The van der Waals surface area contributed by atoms with Crippen molar-refractivity contribution >= 4 is 23.7 Å². The summed E-state index contributed by atoms with van der Waals surface area (Å²) in [7, 11) is 0. The van der Waals surface area contributed by atoms with Gasteiger partial charge in [0.05, 0.1) is 6.04 Å². The van der Waals surface area contributed by atoms with Crippen LogP contribution in [0.15, 0.2) is 0 Å². The Morgan fingerprint density at radius 3 is 1.68 bits per heavy atom. The first-order valence-electron chi connectivity index (χ1n) is 10.9. The largest absolute Gasteiger partial charge is 0.480 e. The number of hydrogen-bond acceptors (Lipinski definition) is 6. The topological polar surface area (TPSA) is 177 Å². The van der Waals surface area contributed by atoms with Gasteiger partial charge in [0, 0.05) is 0 Å². The van der Waals surface area contributed by atoms with Gasteiger partial charge in [0.15, 0.2) is 0 Å². The maximum atomic E-state index is 12.9. The minimum atomic E-state index is -1.15. The number of amides is 3. The first kappa shape index (κ1) is 28.8. The number of aliphatic carboxylic acids is 1. The number of unbranched alkanes of at least 4 members (excludes halogenated alkanes) is 1. The van der Waals surface area contributed by atoms with Gasteiger partial charge >= 0.3 is 5.97 Å². The second-order valence-electron chi connectivity index (χ2n) is 8.91. The molecule has 180 valence electrons. The van der Waals surface area contributed by atoms with Gasteiger partial charge in [-0.2, -0.15) is 0 Å². The fourth-order valence-electron chi connectivity index (χ4n) is 2.88. The number of hydrogen-bond donors (Lipinski definition) is 6. The Bertz CT molecular complexity index is 609. The molecule has 3 amide bonds. The van der Waals surface area contributed by atoms with Crippen molar-refractivity contribution in [3.63, 3.8) is 0 Å². The lowest BCUT2D eigenvalue weighted by atomic mass is 9.99. The molecule has 0 aromatic heterocycles. The number of carbonyl (C=O) groups excluding carboxylic acids is 3. The van der Waals surface area contributed by atoms with Crippen LogP contribution in [-0.2, 0) is 19.2 Å². The molecular weight excluding hydrogens is 402 g/mol. The highest BCUT2D eigenvalue weighted by atomic mass is 16.4. The van der Waals surface area contributed by atoms with Crippen molar-refractivity contribution in [3.05, 3.63) is 0 Å². The third-order valence-corrected chi connectivity index (χ3v) is 5.08. The molecule has 10 heteroatoms. The Kier molecular flexibility index (Phi) is 13.0. The zero-order chi connectivity index (χ0) is 24.3. The second kappa shape index (κ2) is 14.0. The molecule has 0 saturated carbocycles. The van der Waals surface area contributed by atoms with Crippen molar-refractivity contribution in [1.82, 2.24) is 16.0 Å². The Morgan fingerprint density at radius 2 is 1.26 bits per heavy atom. The number of carbonyl (C=O) groups is 4. The standard InChI is InChI=1S/C21H41N5O5/c1-11(2)15(23)19(28)25-16(12(3)4)20(29)24-14(9-7-8-10-22)18(27)26-17(13(5)6)21(30)31/h11-17H,7-10,22-23H2,1-6H3,(H,24,29)(H,25,28)(H,26,27)(H,30,31). The van der Waals surface area contributed by atoms with Gasteiger partial charge in [0.2, 0.25) is 17.7 Å². The highest BCUT2D eigenvalue weighted by Crippen LogP contribution is 2.09. The zero-order valence-electron chi connectivity index (χ0n) is 19.6. The molecule has 31 heavy (non-hydrogen) atoms. The van der Waals surface area contributed by atoms with Gasteiger partial charge in [0.1, 0.15) is 18.1 Å². The van der Waals surface area contributed by atoms with E-state index in [9.17, 15) is 24.3 Å². The van der Waals surface area contributed by atoms with Crippen LogP contribution in [0.25, 0.3) is 0 Å². The van der Waals surface area contributed by atoms with E-state index in [0.29, 0.717) is 25.8 Å². The first-order chi connectivity index (χ1) is 14.3. The molecule has 0 aliphatic carbocycles. The third kappa shape index (κ3) is 10.1. The number of nitrogens with two attached hydrogens (primary N) is 2. The summed E-state index contributed by atoms with van der Waals surface area (Å²) in [6.45, 7) is 11.0. The lowest BCUT2D eigenvalue weighted by molar-refractivity contribution is -0.143. The minimum Gasteiger partial charge on any atom is -0.480 e. The van der Waals surface area contributed by atoms with E-state index in [-0.39, 0.29) is 17.8 Å². The third-order valence-electron chi connectivity index (χ3n) is 5.08. The summed E-state index contributed by atoms with van der Waals surface area (Å²) >= 11 is 0. The van der Waals surface area contributed by atoms with E-state index in [1.165, 1.54) is 0 Å².